The van der Waals surface area contributed by atoms with Crippen LogP contribution in [-0.2, 0) is 9.47 Å². The maximum atomic E-state index is 13.2. The van der Waals surface area contributed by atoms with Gasteiger partial charge in [-0.1, -0.05) is 77.7 Å². The van der Waals surface area contributed by atoms with Gasteiger partial charge in [-0.25, -0.2) is 4.79 Å². The summed E-state index contributed by atoms with van der Waals surface area (Å²) < 4.78 is 80.1. The average Bonchev–Trinajstić information content (AvgIpc) is 4.03. The minimum absolute atomic E-state index is 0.0309. The van der Waals surface area contributed by atoms with E-state index in [0.29, 0.717) is 68.1 Å². The fourth-order valence-corrected chi connectivity index (χ4v) is 9.49. The van der Waals surface area contributed by atoms with Crippen LogP contribution in [0.5, 0.6) is 28.7 Å². The van der Waals surface area contributed by atoms with Crippen LogP contribution in [0.25, 0.3) is 30.4 Å². The Morgan fingerprint density at radius 2 is 1.11 bits per heavy atom. The molecule has 76 heavy (non-hydrogen) atoms. The van der Waals surface area contributed by atoms with Crippen molar-refractivity contribution >= 4 is 64.7 Å². The molecule has 0 aliphatic carbocycles. The van der Waals surface area contributed by atoms with Crippen LogP contribution in [0.3, 0.4) is 0 Å². The van der Waals surface area contributed by atoms with Crippen molar-refractivity contribution in [3.63, 3.8) is 0 Å². The highest BCUT2D eigenvalue weighted by molar-refractivity contribution is 7.15. The Balaban J connectivity index is 1.46. The Morgan fingerprint density at radius 3 is 1.53 bits per heavy atom. The SMILES string of the molecule is CCCCOc1c(/C=C/C2=C(C#N)C(=C(C#N)C#N)OC2(C)C)sc(/C=C/c2sc(/C=C/c3ccc(N(CC)CCOC(=O)c4ccc(OC(F)=C(F)F)cc4)cc3)c(OCCCC)c2OCCCC)c1OCCCC. The van der Waals surface area contributed by atoms with Crippen molar-refractivity contribution in [1.82, 2.24) is 0 Å². The third-order valence-corrected chi connectivity index (χ3v) is 13.8. The summed E-state index contributed by atoms with van der Waals surface area (Å²) in [6.45, 7) is 17.1. The molecule has 12 nitrogen and oxygen atoms in total. The predicted molar refractivity (Wildman–Crippen MR) is 295 cm³/mol. The van der Waals surface area contributed by atoms with Crippen LogP contribution >= 0.6 is 22.7 Å². The molecule has 0 saturated carbocycles. The molecule has 3 heterocycles. The molecule has 0 amide bonds. The normalized spacial score (nSPS) is 12.9. The third kappa shape index (κ3) is 16.3. The second kappa shape index (κ2) is 30.2. The Morgan fingerprint density at radius 1 is 0.645 bits per heavy atom. The smallest absolute Gasteiger partial charge is 0.344 e. The van der Waals surface area contributed by atoms with Gasteiger partial charge in [0.2, 0.25) is 0 Å². The molecule has 1 aliphatic rings. The van der Waals surface area contributed by atoms with Crippen molar-refractivity contribution in [3.05, 3.63) is 120 Å². The predicted octanol–water partition coefficient (Wildman–Crippen LogP) is 15.9. The number of hydrogen-bond donors (Lipinski definition) is 0. The lowest BCUT2D eigenvalue weighted by Gasteiger charge is -2.23. The monoisotopic (exact) mass is 1080 g/mol. The zero-order chi connectivity index (χ0) is 55.0. The van der Waals surface area contributed by atoms with Gasteiger partial charge >= 0.3 is 18.1 Å². The van der Waals surface area contributed by atoms with Crippen molar-refractivity contribution in [3.8, 4) is 47.0 Å². The summed E-state index contributed by atoms with van der Waals surface area (Å²) in [5.41, 5.74) is 1.41. The maximum absolute atomic E-state index is 13.2. The van der Waals surface area contributed by atoms with Crippen molar-refractivity contribution < 1.29 is 51.1 Å². The first-order chi connectivity index (χ1) is 36.8. The van der Waals surface area contributed by atoms with Gasteiger partial charge in [0.25, 0.3) is 0 Å². The zero-order valence-corrected chi connectivity index (χ0v) is 45.8. The molecule has 2 aromatic heterocycles. The highest BCUT2D eigenvalue weighted by Gasteiger charge is 2.39. The lowest BCUT2D eigenvalue weighted by molar-refractivity contribution is 0.0515. The number of likely N-dealkylation sites (N-methyl/N-ethyl adjacent to an activating group) is 1. The van der Waals surface area contributed by atoms with Crippen LogP contribution in [0.2, 0.25) is 0 Å². The quantitative estimate of drug-likeness (QED) is 0.0211. The van der Waals surface area contributed by atoms with Crippen LogP contribution < -0.4 is 28.6 Å². The Labute approximate surface area is 452 Å². The van der Waals surface area contributed by atoms with E-state index in [1.54, 1.807) is 31.3 Å². The molecule has 0 unspecified atom stereocenters. The van der Waals surface area contributed by atoms with E-state index in [-0.39, 0.29) is 34.8 Å². The standard InChI is InChI=1S/C59H65F3N4O8S2/c1-8-13-32-68-52-47(27-19-40-17-22-43(23-18-40)66(12-5)31-36-72-58(67)41-20-24-44(25-21-41)73-57(62)56(60)61)75-49(54(52)70-34-15-10-3)29-30-50-55(71-35-16-11-4)53(69-33-14-9-2)48(76-50)28-26-46-45(39-65)51(42(37-63)38-64)74-59(46,6)7/h17-30H,8-16,31-36H2,1-7H3/b27-19+,28-26+,30-29+. The minimum atomic E-state index is -2.58. The fourth-order valence-electron chi connectivity index (χ4n) is 7.49. The number of carbonyl (C=O) groups is 1. The number of nitriles is 3. The second-order valence-corrected chi connectivity index (χ2v) is 19.9. The molecule has 1 aliphatic heterocycles. The molecule has 0 spiro atoms. The molecule has 0 N–H and O–H groups in total. The van der Waals surface area contributed by atoms with E-state index in [2.05, 4.69) is 43.4 Å². The molecule has 2 aromatic carbocycles. The Kier molecular flexibility index (Phi) is 23.7. The van der Waals surface area contributed by atoms with Gasteiger partial charge in [-0.05, 0) is 113 Å². The third-order valence-electron chi connectivity index (χ3n) is 11.7. The molecule has 17 heteroatoms. The first kappa shape index (κ1) is 59.5. The number of nitrogens with zero attached hydrogens (tertiary/aromatic N) is 4. The van der Waals surface area contributed by atoms with Gasteiger partial charge in [0.15, 0.2) is 34.3 Å². The van der Waals surface area contributed by atoms with Crippen LogP contribution in [0, 0.1) is 34.0 Å². The number of carbonyl (C=O) groups excluding carboxylic acids is 1. The van der Waals surface area contributed by atoms with Crippen LogP contribution in [0.1, 0.15) is 135 Å². The molecule has 0 bridgehead atoms. The summed E-state index contributed by atoms with van der Waals surface area (Å²) in [5, 5.41) is 29.5. The second-order valence-electron chi connectivity index (χ2n) is 17.7. The number of thiophene rings is 2. The van der Waals surface area contributed by atoms with Gasteiger partial charge in [0, 0.05) is 17.8 Å². The lowest BCUT2D eigenvalue weighted by Crippen LogP contribution is -2.28. The number of ether oxygens (including phenoxy) is 7. The number of halogens is 3. The van der Waals surface area contributed by atoms with E-state index < -0.39 is 23.7 Å². The Bertz CT molecular complexity index is 2890. The number of esters is 1. The molecule has 5 rings (SSSR count). The number of rotatable bonds is 30. The van der Waals surface area contributed by atoms with Crippen LogP contribution in [0.4, 0.5) is 18.9 Å². The van der Waals surface area contributed by atoms with Gasteiger partial charge in [-0.3, -0.25) is 0 Å². The van der Waals surface area contributed by atoms with Gasteiger partial charge in [0.1, 0.15) is 41.7 Å². The zero-order valence-electron chi connectivity index (χ0n) is 44.2. The minimum Gasteiger partial charge on any atom is -0.488 e. The van der Waals surface area contributed by atoms with Crippen LogP contribution in [0.15, 0.2) is 89.2 Å². The van der Waals surface area contributed by atoms with E-state index in [9.17, 15) is 33.8 Å². The van der Waals surface area contributed by atoms with Gasteiger partial charge in [-0.2, -0.15) is 29.0 Å². The summed E-state index contributed by atoms with van der Waals surface area (Å²) in [4.78, 5) is 18.1. The highest BCUT2D eigenvalue weighted by Crippen LogP contribution is 2.49. The summed E-state index contributed by atoms with van der Waals surface area (Å²) >= 11 is 3.03. The molecule has 0 saturated heterocycles. The number of benzene rings is 2. The number of allylic oxidation sites excluding steroid dienone is 2. The summed E-state index contributed by atoms with van der Waals surface area (Å²) in [6, 6.07) is 16.9. The molecule has 0 atom stereocenters. The first-order valence-electron chi connectivity index (χ1n) is 25.6. The number of anilines is 1. The number of unbranched alkanes of at least 4 members (excludes halogenated alkanes) is 4. The van der Waals surface area contributed by atoms with E-state index in [1.165, 1.54) is 35.6 Å². The molecule has 402 valence electrons. The molecule has 4 aromatic rings. The summed E-state index contributed by atoms with van der Waals surface area (Å²) in [5.74, 6) is 1.68. The van der Waals surface area contributed by atoms with Gasteiger partial charge in [0.05, 0.1) is 58.0 Å². The highest BCUT2D eigenvalue weighted by atomic mass is 32.1. The first-order valence-corrected chi connectivity index (χ1v) is 27.2. The lowest BCUT2D eigenvalue weighted by atomic mass is 9.94. The van der Waals surface area contributed by atoms with E-state index in [1.807, 2.05) is 73.7 Å². The van der Waals surface area contributed by atoms with Gasteiger partial charge in [-0.15, -0.1) is 22.7 Å². The Hall–Kier alpha value is -7.39. The van der Waals surface area contributed by atoms with E-state index in [0.717, 1.165) is 82.1 Å². The maximum Gasteiger partial charge on any atom is 0.344 e. The average molecular weight is 1080 g/mol. The molecular formula is C59H65F3N4O8S2. The summed E-state index contributed by atoms with van der Waals surface area (Å²) in [7, 11) is 0. The number of hydrogen-bond acceptors (Lipinski definition) is 14. The topological polar surface area (TPSA) is 156 Å². The van der Waals surface area contributed by atoms with E-state index in [4.69, 9.17) is 28.4 Å². The summed E-state index contributed by atoms with van der Waals surface area (Å²) in [6.07, 6.45) is 16.3. The molecular weight excluding hydrogens is 1010 g/mol. The van der Waals surface area contributed by atoms with Crippen LogP contribution in [-0.4, -0.2) is 57.7 Å². The van der Waals surface area contributed by atoms with E-state index >= 15 is 0 Å². The van der Waals surface area contributed by atoms with Gasteiger partial charge < -0.3 is 38.1 Å². The largest absolute Gasteiger partial charge is 0.488 e. The fraction of sp³-hybridized carbons (Fsp3) is 0.390. The van der Waals surface area contributed by atoms with Crippen molar-refractivity contribution in [2.24, 2.45) is 0 Å². The van der Waals surface area contributed by atoms with Crippen molar-refractivity contribution in [2.75, 3.05) is 51.0 Å². The molecule has 0 fully saturated rings. The van der Waals surface area contributed by atoms with Crippen molar-refractivity contribution in [1.29, 1.82) is 15.8 Å². The molecule has 0 radical (unpaired) electrons. The van der Waals surface area contributed by atoms with Crippen molar-refractivity contribution in [2.45, 2.75) is 105 Å².